The summed E-state index contributed by atoms with van der Waals surface area (Å²) in [6.07, 6.45) is -8.61. The lowest BCUT2D eigenvalue weighted by molar-refractivity contribution is -0.323. The molecule has 0 bridgehead atoms. The lowest BCUT2D eigenvalue weighted by Crippen LogP contribution is -2.63. The van der Waals surface area contributed by atoms with Gasteiger partial charge in [-0.1, -0.05) is 72.1 Å². The maximum Gasteiger partial charge on any atom is 0.456 e. The highest BCUT2D eigenvalue weighted by Gasteiger charge is 2.51. The highest BCUT2D eigenvalue weighted by Crippen LogP contribution is 2.40. The molecule has 0 spiro atoms. The number of amides is 1. The molecule has 0 saturated carbocycles. The van der Waals surface area contributed by atoms with Crippen LogP contribution in [0, 0.1) is 5.92 Å². The monoisotopic (exact) mass is 537 g/mol. The first-order chi connectivity index (χ1) is 14.9. The van der Waals surface area contributed by atoms with Crippen LogP contribution in [0.15, 0.2) is 30.3 Å². The van der Waals surface area contributed by atoms with Gasteiger partial charge in [0.25, 0.3) is 15.2 Å². The van der Waals surface area contributed by atoms with Gasteiger partial charge in [-0.25, -0.2) is 0 Å². The minimum Gasteiger partial charge on any atom is -0.346 e. The molecule has 178 valence electrons. The van der Waals surface area contributed by atoms with Gasteiger partial charge in [-0.05, 0) is 0 Å². The van der Waals surface area contributed by atoms with Crippen molar-refractivity contribution < 1.29 is 41.5 Å². The molecule has 4 unspecified atom stereocenters. The van der Waals surface area contributed by atoms with Crippen LogP contribution in [0.3, 0.4) is 0 Å². The van der Waals surface area contributed by atoms with E-state index in [1.165, 1.54) is 0 Å². The molecule has 1 aromatic carbocycles. The second kappa shape index (κ2) is 10.3. The molecular weight excluding hydrogens is 521 g/mol. The number of alkyl halides is 6. The molecule has 2 heterocycles. The summed E-state index contributed by atoms with van der Waals surface area (Å²) in [6, 6.07) is 7.97. The van der Waals surface area contributed by atoms with Crippen LogP contribution in [0.1, 0.15) is 18.8 Å². The number of rotatable bonds is 5. The summed E-state index contributed by atoms with van der Waals surface area (Å²) in [5.41, 5.74) is -1.33. The van der Waals surface area contributed by atoms with E-state index >= 15 is 0 Å². The first kappa shape index (κ1) is 25.9. The first-order valence-corrected chi connectivity index (χ1v) is 11.3. The van der Waals surface area contributed by atoms with Crippen LogP contribution in [0.25, 0.3) is 0 Å². The van der Waals surface area contributed by atoms with Crippen LogP contribution in [0.2, 0.25) is 0 Å². The maximum absolute atomic E-state index is 12.6. The number of hydrogen-bond acceptors (Lipinski definition) is 6. The van der Waals surface area contributed by atoms with E-state index in [-0.39, 0.29) is 6.61 Å². The third kappa shape index (κ3) is 6.24. The van der Waals surface area contributed by atoms with E-state index in [4.69, 9.17) is 53.5 Å². The molecule has 0 aliphatic carbocycles. The lowest BCUT2D eigenvalue weighted by atomic mass is 9.88. The van der Waals surface area contributed by atoms with E-state index in [2.05, 4.69) is 5.32 Å². The molecule has 32 heavy (non-hydrogen) atoms. The molecule has 2 aliphatic heterocycles. The van der Waals surface area contributed by atoms with Crippen molar-refractivity contribution >= 4 is 55.0 Å². The third-order valence-electron chi connectivity index (χ3n) is 4.90. The zero-order valence-electron chi connectivity index (χ0n) is 16.3. The lowest BCUT2D eigenvalue weighted by Gasteiger charge is -2.48. The van der Waals surface area contributed by atoms with Crippen LogP contribution in [-0.4, -0.2) is 52.5 Å². The summed E-state index contributed by atoms with van der Waals surface area (Å²) < 4.78 is 57.9. The van der Waals surface area contributed by atoms with Crippen LogP contribution < -0.4 is 5.32 Å². The van der Waals surface area contributed by atoms with E-state index < -0.39 is 67.0 Å². The Kier molecular flexibility index (Phi) is 8.32. The molecule has 3 rings (SSSR count). The Labute approximate surface area is 198 Å². The molecule has 2 saturated heterocycles. The number of carbonyl (C=O) groups is 2. The quantitative estimate of drug-likeness (QED) is 0.451. The van der Waals surface area contributed by atoms with Crippen molar-refractivity contribution in [1.82, 2.24) is 5.32 Å². The van der Waals surface area contributed by atoms with E-state index in [1.54, 1.807) is 31.2 Å². The van der Waals surface area contributed by atoms with Gasteiger partial charge in [-0.15, -0.1) is 0 Å². The van der Waals surface area contributed by atoms with Gasteiger partial charge in [0.15, 0.2) is 12.6 Å². The minimum atomic E-state index is -5.07. The highest BCUT2D eigenvalue weighted by atomic mass is 35.6. The summed E-state index contributed by atoms with van der Waals surface area (Å²) >= 11 is 16.8. The fourth-order valence-corrected chi connectivity index (χ4v) is 4.03. The van der Waals surface area contributed by atoms with Crippen molar-refractivity contribution in [2.24, 2.45) is 5.92 Å². The SMILES string of the molecule is C[C@@H]1C(NC(=O)C(Cl)(Cl)Cl)[C@H](OPC(=O)C(F)(F)F)OC2COC(c3ccccc3)O[C@H]21. The average Bonchev–Trinajstić information content (AvgIpc) is 2.73. The van der Waals surface area contributed by atoms with Crippen molar-refractivity contribution in [2.75, 3.05) is 6.61 Å². The number of hydrogen-bond donors (Lipinski definition) is 1. The molecule has 1 N–H and O–H groups in total. The number of fused-ring (bicyclic) bond motifs is 1. The van der Waals surface area contributed by atoms with Gasteiger partial charge in [0.2, 0.25) is 0 Å². The Morgan fingerprint density at radius 2 is 1.81 bits per heavy atom. The van der Waals surface area contributed by atoms with Crippen LogP contribution >= 0.6 is 43.6 Å². The first-order valence-electron chi connectivity index (χ1n) is 9.26. The van der Waals surface area contributed by atoms with Crippen molar-refractivity contribution in [2.45, 2.75) is 47.7 Å². The summed E-state index contributed by atoms with van der Waals surface area (Å²) in [4.78, 5) is 23.5. The topological polar surface area (TPSA) is 83.1 Å². The predicted molar refractivity (Wildman–Crippen MR) is 111 cm³/mol. The summed E-state index contributed by atoms with van der Waals surface area (Å²) in [6.45, 7) is 1.71. The molecule has 0 aromatic heterocycles. The van der Waals surface area contributed by atoms with Crippen molar-refractivity contribution in [3.8, 4) is 0 Å². The average molecular weight is 539 g/mol. The van der Waals surface area contributed by atoms with E-state index in [1.807, 2.05) is 6.07 Å². The zero-order chi connectivity index (χ0) is 23.7. The largest absolute Gasteiger partial charge is 0.456 e. The van der Waals surface area contributed by atoms with Crippen molar-refractivity contribution in [3.63, 3.8) is 0 Å². The van der Waals surface area contributed by atoms with E-state index in [9.17, 15) is 22.8 Å². The Bertz CT molecular complexity index is 828. The van der Waals surface area contributed by atoms with Gasteiger partial charge in [-0.2, -0.15) is 13.2 Å². The Morgan fingerprint density at radius 3 is 2.41 bits per heavy atom. The van der Waals surface area contributed by atoms with Gasteiger partial charge < -0.3 is 24.1 Å². The van der Waals surface area contributed by atoms with Crippen molar-refractivity contribution in [1.29, 1.82) is 0 Å². The number of carbonyl (C=O) groups excluding carboxylic acids is 2. The molecular formula is C18H18Cl3F3NO6P. The predicted octanol–water partition coefficient (Wildman–Crippen LogP) is 4.02. The second-order valence-electron chi connectivity index (χ2n) is 7.12. The highest BCUT2D eigenvalue weighted by molar-refractivity contribution is 7.53. The molecule has 2 fully saturated rings. The van der Waals surface area contributed by atoms with Crippen molar-refractivity contribution in [3.05, 3.63) is 35.9 Å². The number of benzene rings is 1. The summed E-state index contributed by atoms with van der Waals surface area (Å²) in [5, 5.41) is 2.42. The molecule has 1 aromatic rings. The van der Waals surface area contributed by atoms with E-state index in [0.29, 0.717) is 0 Å². The Balaban J connectivity index is 1.78. The van der Waals surface area contributed by atoms with Gasteiger partial charge in [-0.3, -0.25) is 9.59 Å². The molecule has 0 radical (unpaired) electrons. The molecule has 14 heteroatoms. The van der Waals surface area contributed by atoms with Gasteiger partial charge in [0.05, 0.1) is 27.6 Å². The normalized spacial score (nSPS) is 31.3. The van der Waals surface area contributed by atoms with Gasteiger partial charge in [0, 0.05) is 11.5 Å². The molecule has 7 nitrogen and oxygen atoms in total. The van der Waals surface area contributed by atoms with Crippen LogP contribution in [0.4, 0.5) is 13.2 Å². The van der Waals surface area contributed by atoms with Gasteiger partial charge >= 0.3 is 6.18 Å². The summed E-state index contributed by atoms with van der Waals surface area (Å²) in [5.74, 6) is -1.61. The second-order valence-corrected chi connectivity index (χ2v) is 10.3. The van der Waals surface area contributed by atoms with Gasteiger partial charge in [0.1, 0.15) is 6.10 Å². The van der Waals surface area contributed by atoms with Crippen LogP contribution in [-0.2, 0) is 28.3 Å². The smallest absolute Gasteiger partial charge is 0.346 e. The Hall–Kier alpha value is -0.710. The third-order valence-corrected chi connectivity index (χ3v) is 6.23. The standard InChI is InChI=1S/C18H18Cl3F3NO6P/c1-8-11(25-15(26)17(19,20)21)14(31-32-16(27)18(22,23)24)29-10-7-28-13(30-12(8)10)9-5-3-2-4-6-9/h2-6,8,10-14,32H,7H2,1H3,(H,25,26)/t8-,10?,11?,12+,13?,14+/m1/s1. The number of nitrogens with one attached hydrogen (secondary N) is 1. The minimum absolute atomic E-state index is 0.0376. The number of halogens is 6. The zero-order valence-corrected chi connectivity index (χ0v) is 19.5. The maximum atomic E-state index is 12.6. The fourth-order valence-electron chi connectivity index (χ4n) is 3.32. The molecule has 2 aliphatic rings. The fraction of sp³-hybridized carbons (Fsp3) is 0.556. The Morgan fingerprint density at radius 1 is 1.16 bits per heavy atom. The molecule has 1 amide bonds. The summed E-state index contributed by atoms with van der Waals surface area (Å²) in [7, 11) is -1.60. The molecule has 7 atom stereocenters. The number of ether oxygens (including phenoxy) is 3. The van der Waals surface area contributed by atoms with Crippen LogP contribution in [0.5, 0.6) is 0 Å². The van der Waals surface area contributed by atoms with E-state index in [0.717, 1.165) is 5.56 Å².